The molecule has 1 N–H and O–H groups in total. The van der Waals surface area contributed by atoms with Crippen LogP contribution in [0.3, 0.4) is 0 Å². The van der Waals surface area contributed by atoms with Gasteiger partial charge in [0.2, 0.25) is 10.0 Å². The van der Waals surface area contributed by atoms with Crippen molar-refractivity contribution in [1.82, 2.24) is 4.57 Å². The van der Waals surface area contributed by atoms with E-state index in [0.29, 0.717) is 11.6 Å². The second kappa shape index (κ2) is 5.72. The lowest BCUT2D eigenvalue weighted by Crippen LogP contribution is -2.17. The fourth-order valence-electron chi connectivity index (χ4n) is 2.66. The maximum Gasteiger partial charge on any atom is 0.232 e. The zero-order valence-electron chi connectivity index (χ0n) is 12.4. The molecular formula is C16H22N2O2S. The third-order valence-electron chi connectivity index (χ3n) is 4.00. The van der Waals surface area contributed by atoms with E-state index in [4.69, 9.17) is 0 Å². The van der Waals surface area contributed by atoms with Gasteiger partial charge in [-0.05, 0) is 43.0 Å². The van der Waals surface area contributed by atoms with Crippen molar-refractivity contribution in [2.45, 2.75) is 39.2 Å². The van der Waals surface area contributed by atoms with Crippen LogP contribution in [0.5, 0.6) is 0 Å². The fourth-order valence-corrected chi connectivity index (χ4v) is 3.89. The van der Waals surface area contributed by atoms with Crippen LogP contribution in [-0.2, 0) is 16.6 Å². The van der Waals surface area contributed by atoms with E-state index >= 15 is 0 Å². The van der Waals surface area contributed by atoms with Crippen molar-refractivity contribution in [2.24, 2.45) is 5.92 Å². The molecule has 1 aliphatic rings. The van der Waals surface area contributed by atoms with Crippen LogP contribution in [0.2, 0.25) is 0 Å². The van der Waals surface area contributed by atoms with Crippen LogP contribution >= 0.6 is 0 Å². The molecule has 1 saturated carbocycles. The molecule has 0 aliphatic heterocycles. The number of nitrogens with zero attached hydrogens (tertiary/aromatic N) is 1. The minimum absolute atomic E-state index is 0.229. The molecule has 21 heavy (non-hydrogen) atoms. The van der Waals surface area contributed by atoms with Crippen LogP contribution in [0.25, 0.3) is 10.9 Å². The van der Waals surface area contributed by atoms with E-state index in [1.165, 1.54) is 12.8 Å². The van der Waals surface area contributed by atoms with Gasteiger partial charge in [0.05, 0.1) is 5.75 Å². The van der Waals surface area contributed by atoms with Gasteiger partial charge < -0.3 is 4.57 Å². The largest absolute Gasteiger partial charge is 0.347 e. The van der Waals surface area contributed by atoms with Crippen molar-refractivity contribution >= 4 is 26.6 Å². The molecule has 114 valence electrons. The van der Waals surface area contributed by atoms with E-state index in [9.17, 15) is 8.42 Å². The van der Waals surface area contributed by atoms with E-state index in [0.717, 1.165) is 30.3 Å². The Morgan fingerprint density at radius 3 is 2.81 bits per heavy atom. The number of benzene rings is 1. The number of anilines is 1. The lowest BCUT2D eigenvalue weighted by Gasteiger charge is -2.09. The van der Waals surface area contributed by atoms with Crippen LogP contribution in [0.4, 0.5) is 5.69 Å². The third kappa shape index (κ3) is 3.59. The molecule has 1 aliphatic carbocycles. The molecule has 1 fully saturated rings. The Balaban J connectivity index is 1.74. The number of rotatable bonds is 7. The summed E-state index contributed by atoms with van der Waals surface area (Å²) in [4.78, 5) is 0. The number of fused-ring (bicyclic) bond motifs is 1. The highest BCUT2D eigenvalue weighted by molar-refractivity contribution is 7.92. The number of hydrogen-bond acceptors (Lipinski definition) is 2. The molecule has 0 unspecified atom stereocenters. The Kier molecular flexibility index (Phi) is 3.93. The third-order valence-corrected chi connectivity index (χ3v) is 5.32. The van der Waals surface area contributed by atoms with Crippen LogP contribution in [-0.4, -0.2) is 18.7 Å². The molecule has 0 saturated heterocycles. The maximum atomic E-state index is 12.1. The van der Waals surface area contributed by atoms with Crippen LogP contribution < -0.4 is 4.72 Å². The minimum Gasteiger partial charge on any atom is -0.347 e. The zero-order valence-corrected chi connectivity index (χ0v) is 13.2. The Morgan fingerprint density at radius 2 is 2.10 bits per heavy atom. The van der Waals surface area contributed by atoms with E-state index in [1.54, 1.807) is 0 Å². The van der Waals surface area contributed by atoms with Gasteiger partial charge in [0.25, 0.3) is 0 Å². The summed E-state index contributed by atoms with van der Waals surface area (Å²) >= 11 is 0. The topological polar surface area (TPSA) is 51.1 Å². The van der Waals surface area contributed by atoms with E-state index in [-0.39, 0.29) is 5.75 Å². The minimum atomic E-state index is -3.22. The van der Waals surface area contributed by atoms with Crippen LogP contribution in [0.15, 0.2) is 30.5 Å². The monoisotopic (exact) mass is 306 g/mol. The number of sulfonamides is 1. The zero-order chi connectivity index (χ0) is 14.9. The molecule has 5 heteroatoms. The number of aryl methyl sites for hydroxylation is 1. The molecule has 4 nitrogen and oxygen atoms in total. The van der Waals surface area contributed by atoms with Gasteiger partial charge in [0, 0.05) is 29.3 Å². The van der Waals surface area contributed by atoms with Crippen molar-refractivity contribution in [1.29, 1.82) is 0 Å². The van der Waals surface area contributed by atoms with Crippen molar-refractivity contribution in [3.63, 3.8) is 0 Å². The summed E-state index contributed by atoms with van der Waals surface area (Å²) in [6, 6.07) is 7.79. The molecule has 1 heterocycles. The second-order valence-corrected chi connectivity index (χ2v) is 7.78. The highest BCUT2D eigenvalue weighted by atomic mass is 32.2. The Bertz CT molecular complexity index is 730. The smallest absolute Gasteiger partial charge is 0.232 e. The molecule has 2 aromatic rings. The quantitative estimate of drug-likeness (QED) is 0.850. The molecule has 0 bridgehead atoms. The lowest BCUT2D eigenvalue weighted by atomic mass is 10.2. The normalized spacial score (nSPS) is 15.5. The van der Waals surface area contributed by atoms with Gasteiger partial charge in [-0.15, -0.1) is 0 Å². The van der Waals surface area contributed by atoms with Crippen molar-refractivity contribution in [3.8, 4) is 0 Å². The van der Waals surface area contributed by atoms with Gasteiger partial charge in [0.15, 0.2) is 0 Å². The number of nitrogens with one attached hydrogen (secondary N) is 1. The molecule has 1 aromatic heterocycles. The molecule has 0 spiro atoms. The average Bonchev–Trinajstić information content (AvgIpc) is 3.19. The van der Waals surface area contributed by atoms with Crippen molar-refractivity contribution < 1.29 is 8.42 Å². The Morgan fingerprint density at radius 1 is 1.29 bits per heavy atom. The van der Waals surface area contributed by atoms with Crippen LogP contribution in [0.1, 0.15) is 32.6 Å². The van der Waals surface area contributed by atoms with Gasteiger partial charge in [-0.1, -0.05) is 19.8 Å². The summed E-state index contributed by atoms with van der Waals surface area (Å²) in [5.74, 6) is 0.860. The van der Waals surface area contributed by atoms with Crippen LogP contribution in [0, 0.1) is 5.92 Å². The SMILES string of the molecule is CCCn1ccc2cc(NS(=O)(=O)CCC3CC3)ccc21. The first kappa shape index (κ1) is 14.4. The van der Waals surface area contributed by atoms with E-state index in [2.05, 4.69) is 22.4 Å². The maximum absolute atomic E-state index is 12.1. The molecule has 0 radical (unpaired) electrons. The van der Waals surface area contributed by atoms with Gasteiger partial charge in [-0.2, -0.15) is 0 Å². The summed E-state index contributed by atoms with van der Waals surface area (Å²) < 4.78 is 29.0. The first-order valence-corrected chi connectivity index (χ1v) is 9.32. The molecule has 3 rings (SSSR count). The van der Waals surface area contributed by atoms with E-state index in [1.807, 2.05) is 24.3 Å². The molecule has 0 amide bonds. The summed E-state index contributed by atoms with van der Waals surface area (Å²) in [5.41, 5.74) is 1.81. The van der Waals surface area contributed by atoms with Gasteiger partial charge in [0.1, 0.15) is 0 Å². The highest BCUT2D eigenvalue weighted by Gasteiger charge is 2.23. The molecule has 0 atom stereocenters. The second-order valence-electron chi connectivity index (χ2n) is 5.94. The average molecular weight is 306 g/mol. The highest BCUT2D eigenvalue weighted by Crippen LogP contribution is 2.32. The Hall–Kier alpha value is -1.49. The molecule has 1 aromatic carbocycles. The number of aromatic nitrogens is 1. The first-order valence-electron chi connectivity index (χ1n) is 7.67. The fraction of sp³-hybridized carbons (Fsp3) is 0.500. The van der Waals surface area contributed by atoms with E-state index < -0.39 is 10.0 Å². The van der Waals surface area contributed by atoms with Crippen molar-refractivity contribution in [2.75, 3.05) is 10.5 Å². The van der Waals surface area contributed by atoms with Gasteiger partial charge in [-0.3, -0.25) is 4.72 Å². The first-order chi connectivity index (χ1) is 10.1. The predicted octanol–water partition coefficient (Wildman–Crippen LogP) is 3.59. The molecular weight excluding hydrogens is 284 g/mol. The summed E-state index contributed by atoms with van der Waals surface area (Å²) in [6.45, 7) is 3.13. The summed E-state index contributed by atoms with van der Waals surface area (Å²) in [7, 11) is -3.22. The lowest BCUT2D eigenvalue weighted by molar-refractivity contribution is 0.595. The standard InChI is InChI=1S/C16H22N2O2S/c1-2-9-18-10-7-14-12-15(5-6-16(14)18)17-21(19,20)11-8-13-3-4-13/h5-7,10,12-13,17H,2-4,8-9,11H2,1H3. The summed E-state index contributed by atoms with van der Waals surface area (Å²) in [5, 5.41) is 1.07. The van der Waals surface area contributed by atoms with Gasteiger partial charge in [-0.25, -0.2) is 8.42 Å². The Labute approximate surface area is 126 Å². The number of hydrogen-bond donors (Lipinski definition) is 1. The van der Waals surface area contributed by atoms with Crippen molar-refractivity contribution in [3.05, 3.63) is 30.5 Å². The van der Waals surface area contributed by atoms with Gasteiger partial charge >= 0.3 is 0 Å². The summed E-state index contributed by atoms with van der Waals surface area (Å²) in [6.07, 6.45) is 6.29. The predicted molar refractivity (Wildman–Crippen MR) is 87.0 cm³/mol.